The fourth-order valence-electron chi connectivity index (χ4n) is 2.43. The fourth-order valence-corrected chi connectivity index (χ4v) is 2.43. The molecule has 102 valence electrons. The topological polar surface area (TPSA) is 39.1 Å². The van der Waals surface area contributed by atoms with Crippen molar-refractivity contribution in [3.63, 3.8) is 0 Å². The van der Waals surface area contributed by atoms with Gasteiger partial charge in [0.1, 0.15) is 0 Å². The average molecular weight is 259 g/mol. The number of aryl methyl sites for hydroxylation is 1. The highest BCUT2D eigenvalue weighted by molar-refractivity contribution is 5.38. The highest BCUT2D eigenvalue weighted by Crippen LogP contribution is 2.36. The van der Waals surface area contributed by atoms with E-state index < -0.39 is 5.92 Å². The Morgan fingerprint density at radius 2 is 2.39 bits per heavy atom. The van der Waals surface area contributed by atoms with Crippen LogP contribution in [0.25, 0.3) is 0 Å². The summed E-state index contributed by atoms with van der Waals surface area (Å²) in [5.41, 5.74) is 0. The molecule has 1 heterocycles. The second kappa shape index (κ2) is 5.12. The summed E-state index contributed by atoms with van der Waals surface area (Å²) in [5.74, 6) is -1.16. The van der Waals surface area contributed by atoms with Crippen molar-refractivity contribution in [2.45, 2.75) is 31.6 Å². The van der Waals surface area contributed by atoms with Gasteiger partial charge in [-0.15, -0.1) is 0 Å². The van der Waals surface area contributed by atoms with Gasteiger partial charge in [-0.05, 0) is 18.8 Å². The van der Waals surface area contributed by atoms with Gasteiger partial charge in [-0.25, -0.2) is 13.5 Å². The smallest absolute Gasteiger partial charge is 0.248 e. The molecule has 0 bridgehead atoms. The first kappa shape index (κ1) is 13.1. The second-order valence-electron chi connectivity index (χ2n) is 4.89. The molecule has 18 heavy (non-hydrogen) atoms. The molecule has 1 aliphatic rings. The summed E-state index contributed by atoms with van der Waals surface area (Å²) < 4.78 is 33.2. The summed E-state index contributed by atoms with van der Waals surface area (Å²) >= 11 is 0. The van der Waals surface area contributed by atoms with Gasteiger partial charge in [0.25, 0.3) is 0 Å². The Hall–Kier alpha value is -1.33. The third-order valence-corrected chi connectivity index (χ3v) is 3.36. The van der Waals surface area contributed by atoms with E-state index in [0.29, 0.717) is 24.7 Å². The quantitative estimate of drug-likeness (QED) is 0.903. The van der Waals surface area contributed by atoms with Gasteiger partial charge in [-0.2, -0.15) is 5.10 Å². The van der Waals surface area contributed by atoms with Crippen LogP contribution in [0.2, 0.25) is 0 Å². The van der Waals surface area contributed by atoms with Crippen LogP contribution in [0.4, 0.5) is 14.6 Å². The van der Waals surface area contributed by atoms with Crippen LogP contribution >= 0.6 is 0 Å². The Labute approximate surface area is 105 Å². The number of hydrogen-bond donors (Lipinski definition) is 1. The van der Waals surface area contributed by atoms with E-state index in [0.717, 1.165) is 6.42 Å². The van der Waals surface area contributed by atoms with E-state index in [2.05, 4.69) is 10.4 Å². The van der Waals surface area contributed by atoms with Crippen molar-refractivity contribution in [2.24, 2.45) is 13.0 Å². The largest absolute Gasteiger partial charge is 0.481 e. The van der Waals surface area contributed by atoms with Gasteiger partial charge in [-0.3, -0.25) is 0 Å². The monoisotopic (exact) mass is 259 g/mol. The van der Waals surface area contributed by atoms with Gasteiger partial charge in [0.2, 0.25) is 11.8 Å². The third-order valence-electron chi connectivity index (χ3n) is 3.36. The number of ether oxygens (including phenoxy) is 1. The molecular formula is C12H19F2N3O. The van der Waals surface area contributed by atoms with Crippen LogP contribution in [-0.2, 0) is 7.05 Å². The van der Waals surface area contributed by atoms with E-state index >= 15 is 0 Å². The molecule has 1 unspecified atom stereocenters. The molecule has 0 saturated heterocycles. The van der Waals surface area contributed by atoms with Gasteiger partial charge < -0.3 is 10.1 Å². The molecule has 1 aromatic heterocycles. The fraction of sp³-hybridized carbons (Fsp3) is 0.750. The lowest BCUT2D eigenvalue weighted by Gasteiger charge is -2.28. The number of methoxy groups -OCH3 is 1. The predicted octanol–water partition coefficient (Wildman–Crippen LogP) is 2.67. The number of alkyl halides is 2. The first-order chi connectivity index (χ1) is 8.50. The van der Waals surface area contributed by atoms with E-state index in [9.17, 15) is 8.78 Å². The zero-order valence-electron chi connectivity index (χ0n) is 10.7. The van der Waals surface area contributed by atoms with Gasteiger partial charge in [0.15, 0.2) is 5.82 Å². The maximum Gasteiger partial charge on any atom is 0.248 e. The van der Waals surface area contributed by atoms with E-state index in [1.54, 1.807) is 24.9 Å². The van der Waals surface area contributed by atoms with Crippen molar-refractivity contribution in [3.8, 4) is 5.88 Å². The van der Waals surface area contributed by atoms with Gasteiger partial charge >= 0.3 is 0 Å². The van der Waals surface area contributed by atoms with E-state index in [1.807, 2.05) is 0 Å². The minimum atomic E-state index is -2.49. The zero-order chi connectivity index (χ0) is 13.2. The molecule has 0 aliphatic heterocycles. The molecule has 1 aliphatic carbocycles. The van der Waals surface area contributed by atoms with Crippen LogP contribution < -0.4 is 10.1 Å². The summed E-state index contributed by atoms with van der Waals surface area (Å²) in [5, 5.41) is 7.30. The van der Waals surface area contributed by atoms with E-state index in [1.165, 1.54) is 0 Å². The van der Waals surface area contributed by atoms with Crippen LogP contribution in [0.1, 0.15) is 25.7 Å². The van der Waals surface area contributed by atoms with Gasteiger partial charge in [-0.1, -0.05) is 0 Å². The molecule has 0 radical (unpaired) electrons. The number of hydrogen-bond acceptors (Lipinski definition) is 3. The summed E-state index contributed by atoms with van der Waals surface area (Å²) in [6.45, 7) is 0.537. The number of nitrogens with one attached hydrogen (secondary N) is 1. The van der Waals surface area contributed by atoms with E-state index in [4.69, 9.17) is 4.74 Å². The first-order valence-electron chi connectivity index (χ1n) is 6.20. The molecule has 0 amide bonds. The maximum atomic E-state index is 13.2. The van der Waals surface area contributed by atoms with Crippen molar-refractivity contribution in [1.82, 2.24) is 9.78 Å². The Kier molecular flexibility index (Phi) is 3.73. The summed E-state index contributed by atoms with van der Waals surface area (Å²) in [7, 11) is 3.35. The van der Waals surface area contributed by atoms with Crippen LogP contribution in [0.15, 0.2) is 6.07 Å². The predicted molar refractivity (Wildman–Crippen MR) is 65.2 cm³/mol. The maximum absolute atomic E-state index is 13.2. The van der Waals surface area contributed by atoms with Crippen molar-refractivity contribution in [1.29, 1.82) is 0 Å². The molecule has 1 atom stereocenters. The van der Waals surface area contributed by atoms with Crippen LogP contribution in [0.5, 0.6) is 5.88 Å². The van der Waals surface area contributed by atoms with Crippen LogP contribution in [-0.4, -0.2) is 29.4 Å². The summed E-state index contributed by atoms with van der Waals surface area (Å²) in [4.78, 5) is 0. The van der Waals surface area contributed by atoms with Crippen molar-refractivity contribution >= 4 is 5.82 Å². The molecule has 1 saturated carbocycles. The second-order valence-corrected chi connectivity index (χ2v) is 4.89. The normalized spacial score (nSPS) is 22.8. The average Bonchev–Trinajstić information content (AvgIpc) is 2.66. The molecule has 1 fully saturated rings. The Bertz CT molecular complexity index is 406. The molecule has 0 spiro atoms. The lowest BCUT2D eigenvalue weighted by Crippen LogP contribution is -2.29. The molecule has 4 nitrogen and oxygen atoms in total. The third kappa shape index (κ3) is 3.11. The molecule has 1 N–H and O–H groups in total. The summed E-state index contributed by atoms with van der Waals surface area (Å²) in [6, 6.07) is 1.76. The minimum Gasteiger partial charge on any atom is -0.481 e. The SMILES string of the molecule is COc1cc(NCC2CCCC(F)(F)C2)nn1C. The van der Waals surface area contributed by atoms with Crippen molar-refractivity contribution < 1.29 is 13.5 Å². The minimum absolute atomic E-state index is 0.0155. The van der Waals surface area contributed by atoms with Gasteiger partial charge in [0.05, 0.1) is 7.11 Å². The van der Waals surface area contributed by atoms with Crippen molar-refractivity contribution in [2.75, 3.05) is 19.0 Å². The molecule has 0 aromatic carbocycles. The molecular weight excluding hydrogens is 240 g/mol. The standard InChI is InChI=1S/C12H19F2N3O/c1-17-11(18-2)6-10(16-17)15-8-9-4-3-5-12(13,14)7-9/h6,9H,3-5,7-8H2,1-2H3,(H,15,16). The van der Waals surface area contributed by atoms with Crippen LogP contribution in [0.3, 0.4) is 0 Å². The lowest BCUT2D eigenvalue weighted by molar-refractivity contribution is -0.0502. The van der Waals surface area contributed by atoms with E-state index in [-0.39, 0.29) is 18.8 Å². The van der Waals surface area contributed by atoms with Crippen LogP contribution in [0, 0.1) is 5.92 Å². The number of halogens is 2. The van der Waals surface area contributed by atoms with Gasteiger partial charge in [0, 0.05) is 32.5 Å². The highest BCUT2D eigenvalue weighted by atomic mass is 19.3. The van der Waals surface area contributed by atoms with Crippen molar-refractivity contribution in [3.05, 3.63) is 6.07 Å². The Balaban J connectivity index is 1.87. The zero-order valence-corrected chi connectivity index (χ0v) is 10.7. The Morgan fingerprint density at radius 3 is 3.00 bits per heavy atom. The molecule has 6 heteroatoms. The Morgan fingerprint density at radius 1 is 1.61 bits per heavy atom. The number of nitrogens with zero attached hydrogens (tertiary/aromatic N) is 2. The summed E-state index contributed by atoms with van der Waals surface area (Å²) in [6.07, 6.45) is 1.46. The highest BCUT2D eigenvalue weighted by Gasteiger charge is 2.35. The molecule has 1 aromatic rings. The molecule has 2 rings (SSSR count). The number of rotatable bonds is 4. The first-order valence-corrected chi connectivity index (χ1v) is 6.20. The lowest BCUT2D eigenvalue weighted by atomic mass is 9.86. The number of anilines is 1. The number of aromatic nitrogens is 2.